The number of hydrogen-bond donors (Lipinski definition) is 1. The Bertz CT molecular complexity index is 1700. The fourth-order valence-corrected chi connectivity index (χ4v) is 12.0. The number of hydrogen-bond acceptors (Lipinski definition) is 10. The first-order chi connectivity index (χ1) is 23.7. The molecular weight excluding hydrogens is 656 g/mol. The van der Waals surface area contributed by atoms with Crippen molar-refractivity contribution < 1.29 is 47.3 Å². The number of allylic oxidation sites excluding steroid dienone is 2. The molecule has 0 radical (unpaired) electrons. The van der Waals surface area contributed by atoms with Crippen molar-refractivity contribution in [2.75, 3.05) is 13.7 Å². The average molecular weight is 713 g/mol. The molecule has 4 fully saturated rings. The van der Waals surface area contributed by atoms with Crippen molar-refractivity contribution in [2.45, 2.75) is 132 Å². The van der Waals surface area contributed by atoms with E-state index in [9.17, 15) is 29.1 Å². The van der Waals surface area contributed by atoms with Gasteiger partial charge in [-0.05, 0) is 111 Å². The van der Waals surface area contributed by atoms with Crippen molar-refractivity contribution in [3.63, 3.8) is 0 Å². The third-order valence-corrected chi connectivity index (χ3v) is 15.2. The maximum absolute atomic E-state index is 14.8. The van der Waals surface area contributed by atoms with Crippen molar-refractivity contribution in [1.29, 1.82) is 0 Å². The van der Waals surface area contributed by atoms with E-state index in [1.54, 1.807) is 6.92 Å². The minimum Gasteiger partial charge on any atom is -0.481 e. The number of methoxy groups -OCH3 is 1. The summed E-state index contributed by atoms with van der Waals surface area (Å²) in [7, 11) is 1.40. The van der Waals surface area contributed by atoms with Gasteiger partial charge in [-0.3, -0.25) is 14.4 Å². The van der Waals surface area contributed by atoms with E-state index in [1.165, 1.54) is 7.11 Å². The van der Waals surface area contributed by atoms with Gasteiger partial charge in [0.1, 0.15) is 18.1 Å². The summed E-state index contributed by atoms with van der Waals surface area (Å²) in [6.45, 7) is 15.7. The molecule has 0 bridgehead atoms. The van der Waals surface area contributed by atoms with E-state index >= 15 is 0 Å². The maximum atomic E-state index is 14.8. The first-order valence-corrected chi connectivity index (χ1v) is 18.7. The number of fused-ring (bicyclic) bond motifs is 7. The third kappa shape index (κ3) is 5.49. The number of esters is 2. The molecule has 5 aliphatic carbocycles. The second kappa shape index (κ2) is 12.4. The molecule has 0 saturated heterocycles. The van der Waals surface area contributed by atoms with Crippen LogP contribution in [0.15, 0.2) is 25.3 Å². The molecule has 6 rings (SSSR count). The van der Waals surface area contributed by atoms with Crippen molar-refractivity contribution in [2.24, 2.45) is 50.2 Å². The van der Waals surface area contributed by atoms with Gasteiger partial charge in [0, 0.05) is 18.9 Å². The lowest BCUT2D eigenvalue weighted by atomic mass is 9.33. The average Bonchev–Trinajstić information content (AvgIpc) is 3.43. The quantitative estimate of drug-likeness (QED) is 0.277. The van der Waals surface area contributed by atoms with Crippen molar-refractivity contribution in [1.82, 2.24) is 0 Å². The zero-order valence-electron chi connectivity index (χ0n) is 31.8. The Morgan fingerprint density at radius 2 is 1.63 bits per heavy atom. The van der Waals surface area contributed by atoms with Crippen LogP contribution in [0.2, 0.25) is 0 Å². The van der Waals surface area contributed by atoms with Crippen LogP contribution in [-0.2, 0) is 40.0 Å². The Morgan fingerprint density at radius 3 is 2.27 bits per heavy atom. The number of carbonyl (C=O) groups excluding carboxylic acids is 3. The summed E-state index contributed by atoms with van der Waals surface area (Å²) in [6.07, 6.45) is 7.02. The molecule has 11 heteroatoms. The van der Waals surface area contributed by atoms with Crippen molar-refractivity contribution >= 4 is 23.7 Å². The van der Waals surface area contributed by atoms with Crippen molar-refractivity contribution in [3.05, 3.63) is 33.8 Å². The van der Waals surface area contributed by atoms with Crippen LogP contribution in [0, 0.1) is 50.2 Å². The summed E-state index contributed by atoms with van der Waals surface area (Å²) in [4.78, 5) is 66.7. The van der Waals surface area contributed by atoms with Crippen LogP contribution < -0.4 is 5.82 Å². The first kappa shape index (κ1) is 37.5. The largest absolute Gasteiger partial charge is 0.519 e. The zero-order chi connectivity index (χ0) is 37.5. The van der Waals surface area contributed by atoms with Crippen LogP contribution in [0.4, 0.5) is 0 Å². The summed E-state index contributed by atoms with van der Waals surface area (Å²) in [5.74, 6) is -3.35. The van der Waals surface area contributed by atoms with Crippen LogP contribution in [0.5, 0.6) is 0 Å². The van der Waals surface area contributed by atoms with Crippen LogP contribution in [0.1, 0.15) is 131 Å². The summed E-state index contributed by atoms with van der Waals surface area (Å²) in [5, 5.41) is 10.2. The number of carbonyl (C=O) groups is 4. The summed E-state index contributed by atoms with van der Waals surface area (Å²) >= 11 is 0. The summed E-state index contributed by atoms with van der Waals surface area (Å²) < 4.78 is 27.4. The van der Waals surface area contributed by atoms with Crippen LogP contribution in [0.25, 0.3) is 0 Å². The number of ketones is 1. The lowest BCUT2D eigenvalue weighted by Crippen LogP contribution is -2.68. The molecule has 10 atom stereocenters. The van der Waals surface area contributed by atoms with E-state index < -0.39 is 57.4 Å². The highest BCUT2D eigenvalue weighted by Crippen LogP contribution is 2.75. The van der Waals surface area contributed by atoms with E-state index in [0.717, 1.165) is 24.8 Å². The van der Waals surface area contributed by atoms with Crippen LogP contribution in [0.3, 0.4) is 0 Å². The Kier molecular flexibility index (Phi) is 9.16. The van der Waals surface area contributed by atoms with E-state index in [1.807, 2.05) is 26.8 Å². The number of rotatable bonds is 8. The minimum absolute atomic E-state index is 0.00627. The van der Waals surface area contributed by atoms with Crippen LogP contribution in [-0.4, -0.2) is 48.6 Å². The molecule has 1 heterocycles. The molecule has 0 aromatic carbocycles. The first-order valence-electron chi connectivity index (χ1n) is 18.7. The molecule has 4 saturated carbocycles. The molecule has 282 valence electrons. The highest BCUT2D eigenvalue weighted by Gasteiger charge is 2.72. The highest BCUT2D eigenvalue weighted by molar-refractivity contribution is 5.96. The van der Waals surface area contributed by atoms with Gasteiger partial charge in [0.05, 0.1) is 5.41 Å². The van der Waals surface area contributed by atoms with Gasteiger partial charge in [-0.15, -0.1) is 0 Å². The predicted molar refractivity (Wildman–Crippen MR) is 184 cm³/mol. The molecule has 0 unspecified atom stereocenters. The lowest BCUT2D eigenvalue weighted by molar-refractivity contribution is -0.225. The molecule has 0 spiro atoms. The SMILES string of the molecule is COCC(=O)O[C@H]1CC[C@@]2(C)[C@@H](CC[C@]3(C)[C@@H]2C(=O)C=C2[C@@H]4C[C@@](C)(C(=O)O)CC[C@]4(C)CC[C@]23C)[C@]1(C)C(=O)OCc1oc(=O)oc1C(C)C. The fraction of sp³-hybridized carbons (Fsp3) is 0.775. The molecular formula is C40H56O11. The van der Waals surface area contributed by atoms with Gasteiger partial charge in [-0.2, -0.15) is 0 Å². The topological polar surface area (TPSA) is 160 Å². The molecule has 1 N–H and O–H groups in total. The monoisotopic (exact) mass is 712 g/mol. The third-order valence-electron chi connectivity index (χ3n) is 15.2. The Morgan fingerprint density at radius 1 is 0.941 bits per heavy atom. The van der Waals surface area contributed by atoms with Crippen LogP contribution >= 0.6 is 0 Å². The predicted octanol–water partition coefficient (Wildman–Crippen LogP) is 7.00. The smallest absolute Gasteiger partial charge is 0.481 e. The highest BCUT2D eigenvalue weighted by atomic mass is 16.6. The van der Waals surface area contributed by atoms with Gasteiger partial charge in [-0.25, -0.2) is 9.59 Å². The standard InChI is InChI=1S/C40H56O11/c1-22(2)30-26(49-34(46)51-30)20-48-33(45)40(8)27-10-13-39(7)31(37(27,5)12-11-28(40)50-29(42)21-47-9)25(41)18-23-24-19-36(4,32(43)44)15-14-35(24,3)16-17-38(23,39)6/h18,22,24,27-28,31H,10-17,19-21H2,1-9H3,(H,43,44)/t24-,27+,28-,31+,35+,36-,37-,38+,39+,40-/m0/s1. The van der Waals surface area contributed by atoms with Gasteiger partial charge in [0.25, 0.3) is 0 Å². The molecule has 0 amide bonds. The number of ether oxygens (including phenoxy) is 3. The van der Waals surface area contributed by atoms with Gasteiger partial charge >= 0.3 is 23.7 Å². The summed E-state index contributed by atoms with van der Waals surface area (Å²) in [5.41, 5.74) is -2.57. The Hall–Kier alpha value is -3.21. The lowest BCUT2D eigenvalue weighted by Gasteiger charge is -2.70. The minimum atomic E-state index is -1.33. The Labute approximate surface area is 300 Å². The Balaban J connectivity index is 1.39. The number of carboxylic acid groups (broad SMARTS) is 1. The van der Waals surface area contributed by atoms with E-state index in [0.29, 0.717) is 44.3 Å². The molecule has 0 aliphatic heterocycles. The zero-order valence-corrected chi connectivity index (χ0v) is 31.8. The fourth-order valence-electron chi connectivity index (χ4n) is 12.0. The molecule has 5 aliphatic rings. The second-order valence-corrected chi connectivity index (χ2v) is 18.3. The maximum Gasteiger partial charge on any atom is 0.519 e. The van der Waals surface area contributed by atoms with E-state index in [4.69, 9.17) is 23.0 Å². The molecule has 1 aromatic heterocycles. The van der Waals surface area contributed by atoms with Gasteiger partial charge in [0.2, 0.25) is 0 Å². The van der Waals surface area contributed by atoms with E-state index in [-0.39, 0.29) is 53.3 Å². The number of aliphatic carboxylic acids is 1. The van der Waals surface area contributed by atoms with Gasteiger partial charge in [-0.1, -0.05) is 47.1 Å². The molecule has 1 aromatic rings. The summed E-state index contributed by atoms with van der Waals surface area (Å²) in [6, 6.07) is 0. The van der Waals surface area contributed by atoms with E-state index in [2.05, 4.69) is 27.7 Å². The van der Waals surface area contributed by atoms with Gasteiger partial charge < -0.3 is 28.2 Å². The van der Waals surface area contributed by atoms with Gasteiger partial charge in [0.15, 0.2) is 23.9 Å². The van der Waals surface area contributed by atoms with Crippen molar-refractivity contribution in [3.8, 4) is 0 Å². The molecule has 11 nitrogen and oxygen atoms in total. The number of carboxylic acids is 1. The normalized spacial score (nSPS) is 41.8. The second-order valence-electron chi connectivity index (χ2n) is 18.3. The molecule has 51 heavy (non-hydrogen) atoms.